The number of piperidine rings is 1. The number of pyridine rings is 1. The number of ether oxygens (including phenoxy) is 3. The van der Waals surface area contributed by atoms with Crippen molar-refractivity contribution in [3.05, 3.63) is 77.4 Å². The summed E-state index contributed by atoms with van der Waals surface area (Å²) in [6, 6.07) is 19.7. The Balaban J connectivity index is 1.28. The third kappa shape index (κ3) is 7.22. The minimum absolute atomic E-state index is 0.107. The smallest absolute Gasteiger partial charge is 0.163 e. The van der Waals surface area contributed by atoms with Crippen LogP contribution in [0.15, 0.2) is 66.9 Å². The molecule has 0 unspecified atom stereocenters. The van der Waals surface area contributed by atoms with Crippen LogP contribution < -0.4 is 19.5 Å². The van der Waals surface area contributed by atoms with Crippen LogP contribution in [0.1, 0.15) is 39.2 Å². The summed E-state index contributed by atoms with van der Waals surface area (Å²) in [5.41, 5.74) is 3.98. The van der Waals surface area contributed by atoms with E-state index in [1.807, 2.05) is 36.4 Å². The van der Waals surface area contributed by atoms with E-state index in [-0.39, 0.29) is 11.5 Å². The molecule has 1 aliphatic heterocycles. The number of aliphatic hydroxyl groups is 1. The molecule has 0 spiro atoms. The highest BCUT2D eigenvalue weighted by atomic mass is 35.5. The average molecular weight is 576 g/mol. The van der Waals surface area contributed by atoms with Gasteiger partial charge in [0, 0.05) is 48.7 Å². The Morgan fingerprint density at radius 1 is 0.927 bits per heavy atom. The molecule has 2 heterocycles. The number of aromatic nitrogens is 1. The van der Waals surface area contributed by atoms with E-state index in [1.165, 1.54) is 5.56 Å². The first-order chi connectivity index (χ1) is 19.7. The van der Waals surface area contributed by atoms with Gasteiger partial charge in [0.25, 0.3) is 0 Å². The first kappa shape index (κ1) is 29.0. The zero-order valence-electron chi connectivity index (χ0n) is 24.1. The molecule has 2 N–H and O–H groups in total. The number of nitrogens with zero attached hydrogens (tertiary/aromatic N) is 2. The van der Waals surface area contributed by atoms with Gasteiger partial charge in [0.05, 0.1) is 23.8 Å². The van der Waals surface area contributed by atoms with E-state index in [0.717, 1.165) is 54.8 Å². The van der Waals surface area contributed by atoms with Crippen LogP contribution in [0.3, 0.4) is 0 Å². The second kappa shape index (κ2) is 12.6. The molecule has 0 aliphatic carbocycles. The number of hydrogen-bond acceptors (Lipinski definition) is 7. The Labute approximate surface area is 247 Å². The Morgan fingerprint density at radius 2 is 1.66 bits per heavy atom. The fourth-order valence-corrected chi connectivity index (χ4v) is 5.14. The number of aliphatic hydroxyl groups excluding tert-OH is 1. The molecule has 0 atom stereocenters. The van der Waals surface area contributed by atoms with Gasteiger partial charge >= 0.3 is 0 Å². The van der Waals surface area contributed by atoms with Crippen molar-refractivity contribution in [2.24, 2.45) is 0 Å². The van der Waals surface area contributed by atoms with Crippen LogP contribution in [0.5, 0.6) is 23.0 Å². The van der Waals surface area contributed by atoms with Crippen LogP contribution in [0.4, 0.5) is 11.4 Å². The van der Waals surface area contributed by atoms with Gasteiger partial charge in [0.2, 0.25) is 0 Å². The van der Waals surface area contributed by atoms with Crippen LogP contribution >= 0.6 is 11.6 Å². The molecule has 216 valence electrons. The molecule has 0 radical (unpaired) electrons. The number of likely N-dealkylation sites (tertiary alicyclic amines) is 1. The first-order valence-corrected chi connectivity index (χ1v) is 14.4. The molecule has 1 aromatic heterocycles. The number of anilines is 2. The largest absolute Gasteiger partial charge is 0.493 e. The maximum absolute atomic E-state index is 9.72. The topological polar surface area (TPSA) is 76.1 Å². The Kier molecular flexibility index (Phi) is 8.88. The Hall–Kier alpha value is -3.52. The van der Waals surface area contributed by atoms with Gasteiger partial charge < -0.3 is 24.6 Å². The summed E-state index contributed by atoms with van der Waals surface area (Å²) in [4.78, 5) is 6.84. The predicted octanol–water partition coefficient (Wildman–Crippen LogP) is 7.57. The molecule has 0 saturated carbocycles. The lowest BCUT2D eigenvalue weighted by Crippen LogP contribution is -2.38. The van der Waals surface area contributed by atoms with Gasteiger partial charge in [-0.05, 0) is 66.3 Å². The van der Waals surface area contributed by atoms with Gasteiger partial charge in [-0.25, -0.2) is 0 Å². The van der Waals surface area contributed by atoms with Gasteiger partial charge in [0.15, 0.2) is 11.5 Å². The van der Waals surface area contributed by atoms with Gasteiger partial charge in [-0.1, -0.05) is 44.5 Å². The summed E-state index contributed by atoms with van der Waals surface area (Å²) in [7, 11) is 1.62. The summed E-state index contributed by atoms with van der Waals surface area (Å²) in [5.74, 6) is 2.39. The molecule has 41 heavy (non-hydrogen) atoms. The third-order valence-electron chi connectivity index (χ3n) is 7.40. The lowest BCUT2D eigenvalue weighted by molar-refractivity contribution is 0.0753. The number of benzene rings is 3. The van der Waals surface area contributed by atoms with Gasteiger partial charge in [0.1, 0.15) is 18.1 Å². The summed E-state index contributed by atoms with van der Waals surface area (Å²) in [6.45, 7) is 9.67. The highest BCUT2D eigenvalue weighted by Crippen LogP contribution is 2.39. The summed E-state index contributed by atoms with van der Waals surface area (Å²) >= 11 is 6.65. The van der Waals surface area contributed by atoms with Crippen LogP contribution in [0, 0.1) is 0 Å². The van der Waals surface area contributed by atoms with Crippen molar-refractivity contribution in [1.82, 2.24) is 9.88 Å². The van der Waals surface area contributed by atoms with E-state index < -0.39 is 0 Å². The highest BCUT2D eigenvalue weighted by Gasteiger charge is 2.18. The average Bonchev–Trinajstić information content (AvgIpc) is 2.95. The second-order valence-corrected chi connectivity index (χ2v) is 11.9. The van der Waals surface area contributed by atoms with Crippen LogP contribution in [-0.4, -0.2) is 54.4 Å². The lowest BCUT2D eigenvalue weighted by atomic mass is 9.87. The van der Waals surface area contributed by atoms with E-state index >= 15 is 0 Å². The van der Waals surface area contributed by atoms with E-state index in [9.17, 15) is 5.11 Å². The zero-order chi connectivity index (χ0) is 29.0. The molecule has 4 aromatic rings. The summed E-state index contributed by atoms with van der Waals surface area (Å²) < 4.78 is 18.0. The van der Waals surface area contributed by atoms with E-state index in [2.05, 4.69) is 60.2 Å². The fraction of sp³-hybridized carbons (Fsp3) is 0.364. The normalized spacial score (nSPS) is 14.7. The van der Waals surface area contributed by atoms with Crippen molar-refractivity contribution >= 4 is 33.9 Å². The quantitative estimate of drug-likeness (QED) is 0.213. The van der Waals surface area contributed by atoms with Crippen LogP contribution in [0.25, 0.3) is 10.9 Å². The standard InChI is InChI=1S/C33H38ClN3O4/c1-33(2,3)22-5-7-23(8-6-22)36-24-9-10-30(27(34)19-24)41-29-11-14-35-28-21-32(31(39-4)20-26(28)29)40-18-17-37-15-12-25(38)13-16-37/h5-11,14,19-21,25,36,38H,12-13,15-18H2,1-4H3. The molecule has 3 aromatic carbocycles. The molecular formula is C33H38ClN3O4. The van der Waals surface area contributed by atoms with Gasteiger partial charge in [-0.3, -0.25) is 9.88 Å². The first-order valence-electron chi connectivity index (χ1n) is 14.0. The highest BCUT2D eigenvalue weighted by molar-refractivity contribution is 6.32. The van der Waals surface area contributed by atoms with Crippen LogP contribution in [-0.2, 0) is 5.41 Å². The van der Waals surface area contributed by atoms with E-state index in [4.69, 9.17) is 25.8 Å². The molecule has 1 fully saturated rings. The van der Waals surface area contributed by atoms with Crippen molar-refractivity contribution in [3.63, 3.8) is 0 Å². The SMILES string of the molecule is COc1cc2c(Oc3ccc(Nc4ccc(C(C)(C)C)cc4)cc3Cl)ccnc2cc1OCCN1CCC(O)CC1. The van der Waals surface area contributed by atoms with Crippen molar-refractivity contribution in [1.29, 1.82) is 0 Å². The van der Waals surface area contributed by atoms with Gasteiger partial charge in [-0.15, -0.1) is 0 Å². The van der Waals surface area contributed by atoms with Crippen molar-refractivity contribution in [3.8, 4) is 23.0 Å². The molecule has 1 saturated heterocycles. The van der Waals surface area contributed by atoms with Crippen molar-refractivity contribution < 1.29 is 19.3 Å². The predicted molar refractivity (Wildman–Crippen MR) is 165 cm³/mol. The number of nitrogens with one attached hydrogen (secondary N) is 1. The minimum Gasteiger partial charge on any atom is -0.493 e. The molecule has 8 heteroatoms. The number of fused-ring (bicyclic) bond motifs is 1. The monoisotopic (exact) mass is 575 g/mol. The summed E-state index contributed by atoms with van der Waals surface area (Å²) in [5, 5.41) is 14.4. The molecule has 5 rings (SSSR count). The van der Waals surface area contributed by atoms with Crippen LogP contribution in [0.2, 0.25) is 5.02 Å². The number of halogens is 1. The van der Waals surface area contributed by atoms with Crippen molar-refractivity contribution in [2.45, 2.75) is 45.1 Å². The second-order valence-electron chi connectivity index (χ2n) is 11.5. The fourth-order valence-electron chi connectivity index (χ4n) is 4.92. The Morgan fingerprint density at radius 3 is 2.34 bits per heavy atom. The van der Waals surface area contributed by atoms with Crippen molar-refractivity contribution in [2.75, 3.05) is 38.7 Å². The maximum Gasteiger partial charge on any atom is 0.163 e. The number of rotatable bonds is 9. The third-order valence-corrected chi connectivity index (χ3v) is 7.70. The minimum atomic E-state index is -0.184. The Bertz CT molecular complexity index is 1480. The lowest BCUT2D eigenvalue weighted by Gasteiger charge is -2.29. The van der Waals surface area contributed by atoms with Gasteiger partial charge in [-0.2, -0.15) is 0 Å². The summed E-state index contributed by atoms with van der Waals surface area (Å²) in [6.07, 6.45) is 3.13. The molecular weight excluding hydrogens is 538 g/mol. The molecule has 7 nitrogen and oxygen atoms in total. The number of methoxy groups -OCH3 is 1. The van der Waals surface area contributed by atoms with E-state index in [1.54, 1.807) is 13.3 Å². The molecule has 1 aliphatic rings. The zero-order valence-corrected chi connectivity index (χ0v) is 24.9. The van der Waals surface area contributed by atoms with E-state index in [0.29, 0.717) is 34.6 Å². The molecule has 0 amide bonds. The maximum atomic E-state index is 9.72. The number of hydrogen-bond donors (Lipinski definition) is 2. The molecule has 0 bridgehead atoms.